The highest BCUT2D eigenvalue weighted by atomic mass is 35.5. The smallest absolute Gasteiger partial charge is 0.227 e. The van der Waals surface area contributed by atoms with Crippen LogP contribution in [0.2, 0.25) is 5.02 Å². The zero-order chi connectivity index (χ0) is 14.9. The van der Waals surface area contributed by atoms with Gasteiger partial charge in [0.25, 0.3) is 0 Å². The molecule has 1 fully saturated rings. The molecule has 20 heavy (non-hydrogen) atoms. The van der Waals surface area contributed by atoms with E-state index in [1.54, 1.807) is 17.0 Å². The fourth-order valence-electron chi connectivity index (χ4n) is 2.26. The SMILES string of the molecule is CC(C)(C)NC(=O)C1CC(=O)N(c2ccccc2Cl)C1. The van der Waals surface area contributed by atoms with Crippen molar-refractivity contribution in [3.05, 3.63) is 29.3 Å². The molecule has 1 saturated heterocycles. The van der Waals surface area contributed by atoms with Crippen molar-refractivity contribution in [2.75, 3.05) is 11.4 Å². The highest BCUT2D eigenvalue weighted by Crippen LogP contribution is 2.31. The first-order chi connectivity index (χ1) is 9.28. The predicted molar refractivity (Wildman–Crippen MR) is 79.8 cm³/mol. The van der Waals surface area contributed by atoms with Crippen LogP contribution in [0.15, 0.2) is 24.3 Å². The fourth-order valence-corrected chi connectivity index (χ4v) is 2.50. The maximum atomic E-state index is 12.1. The molecule has 1 aliphatic rings. The number of amides is 2. The minimum atomic E-state index is -0.321. The lowest BCUT2D eigenvalue weighted by Crippen LogP contribution is -2.44. The van der Waals surface area contributed by atoms with E-state index in [0.29, 0.717) is 17.3 Å². The molecule has 0 bridgehead atoms. The lowest BCUT2D eigenvalue weighted by atomic mass is 10.0. The highest BCUT2D eigenvalue weighted by Gasteiger charge is 2.36. The number of nitrogens with zero attached hydrogens (tertiary/aromatic N) is 1. The maximum absolute atomic E-state index is 12.1. The monoisotopic (exact) mass is 294 g/mol. The second-order valence-corrected chi connectivity index (χ2v) is 6.50. The van der Waals surface area contributed by atoms with E-state index < -0.39 is 0 Å². The topological polar surface area (TPSA) is 49.4 Å². The van der Waals surface area contributed by atoms with E-state index in [2.05, 4.69) is 5.32 Å². The molecule has 1 N–H and O–H groups in total. The summed E-state index contributed by atoms with van der Waals surface area (Å²) < 4.78 is 0. The van der Waals surface area contributed by atoms with Gasteiger partial charge in [-0.1, -0.05) is 23.7 Å². The summed E-state index contributed by atoms with van der Waals surface area (Å²) in [4.78, 5) is 25.8. The Labute approximate surface area is 124 Å². The predicted octanol–water partition coefficient (Wildman–Crippen LogP) is 2.61. The zero-order valence-corrected chi connectivity index (χ0v) is 12.7. The van der Waals surface area contributed by atoms with Crippen LogP contribution in [-0.4, -0.2) is 23.9 Å². The van der Waals surface area contributed by atoms with Crippen LogP contribution in [0.5, 0.6) is 0 Å². The van der Waals surface area contributed by atoms with Gasteiger partial charge in [0.2, 0.25) is 11.8 Å². The third kappa shape index (κ3) is 3.31. The van der Waals surface area contributed by atoms with Gasteiger partial charge in [0, 0.05) is 18.5 Å². The molecule has 2 amide bonds. The largest absolute Gasteiger partial charge is 0.351 e. The molecule has 4 nitrogen and oxygen atoms in total. The molecule has 2 rings (SSSR count). The van der Waals surface area contributed by atoms with E-state index in [9.17, 15) is 9.59 Å². The van der Waals surface area contributed by atoms with Crippen molar-refractivity contribution in [3.63, 3.8) is 0 Å². The first-order valence-corrected chi connectivity index (χ1v) is 7.02. The Morgan fingerprint density at radius 1 is 1.35 bits per heavy atom. The number of hydrogen-bond donors (Lipinski definition) is 1. The molecular formula is C15H19ClN2O2. The Balaban J connectivity index is 2.12. The van der Waals surface area contributed by atoms with Crippen molar-refractivity contribution in [2.45, 2.75) is 32.7 Å². The quantitative estimate of drug-likeness (QED) is 0.911. The Bertz CT molecular complexity index is 537. The van der Waals surface area contributed by atoms with Crippen LogP contribution in [0.1, 0.15) is 27.2 Å². The first kappa shape index (κ1) is 14.9. The van der Waals surface area contributed by atoms with Crippen LogP contribution in [0, 0.1) is 5.92 Å². The van der Waals surface area contributed by atoms with E-state index in [1.165, 1.54) is 0 Å². The van der Waals surface area contributed by atoms with Gasteiger partial charge in [-0.3, -0.25) is 9.59 Å². The minimum Gasteiger partial charge on any atom is -0.351 e. The van der Waals surface area contributed by atoms with Gasteiger partial charge < -0.3 is 10.2 Å². The lowest BCUT2D eigenvalue weighted by Gasteiger charge is -2.23. The van der Waals surface area contributed by atoms with Crippen LogP contribution < -0.4 is 10.2 Å². The molecule has 5 heteroatoms. The van der Waals surface area contributed by atoms with Crippen LogP contribution in [0.3, 0.4) is 0 Å². The molecule has 1 unspecified atom stereocenters. The van der Waals surface area contributed by atoms with Crippen molar-refractivity contribution in [2.24, 2.45) is 5.92 Å². The molecule has 0 aliphatic carbocycles. The van der Waals surface area contributed by atoms with E-state index in [1.807, 2.05) is 32.9 Å². The molecule has 1 atom stereocenters. The molecule has 1 aromatic rings. The average molecular weight is 295 g/mol. The summed E-state index contributed by atoms with van der Waals surface area (Å²) in [5, 5.41) is 3.44. The molecule has 0 aromatic heterocycles. The molecule has 1 aromatic carbocycles. The fraction of sp³-hybridized carbons (Fsp3) is 0.467. The average Bonchev–Trinajstić information content (AvgIpc) is 2.70. The third-order valence-electron chi connectivity index (χ3n) is 3.14. The Morgan fingerprint density at radius 3 is 2.60 bits per heavy atom. The summed E-state index contributed by atoms with van der Waals surface area (Å²) in [6.45, 7) is 6.15. The minimum absolute atomic E-state index is 0.0628. The van der Waals surface area contributed by atoms with Crippen molar-refractivity contribution < 1.29 is 9.59 Å². The van der Waals surface area contributed by atoms with Crippen LogP contribution in [0.25, 0.3) is 0 Å². The second kappa shape index (κ2) is 5.44. The van der Waals surface area contributed by atoms with Crippen LogP contribution in [-0.2, 0) is 9.59 Å². The first-order valence-electron chi connectivity index (χ1n) is 6.65. The van der Waals surface area contributed by atoms with Crippen molar-refractivity contribution in [1.29, 1.82) is 0 Å². The lowest BCUT2D eigenvalue weighted by molar-refractivity contribution is -0.127. The van der Waals surface area contributed by atoms with E-state index in [-0.39, 0.29) is 29.7 Å². The summed E-state index contributed by atoms with van der Waals surface area (Å²) in [5.41, 5.74) is 0.378. The Hall–Kier alpha value is -1.55. The Kier molecular flexibility index (Phi) is 4.04. The molecule has 1 heterocycles. The zero-order valence-electron chi connectivity index (χ0n) is 11.9. The summed E-state index contributed by atoms with van der Waals surface area (Å²) >= 11 is 6.11. The van der Waals surface area contributed by atoms with Crippen LogP contribution in [0.4, 0.5) is 5.69 Å². The van der Waals surface area contributed by atoms with Gasteiger partial charge in [-0.05, 0) is 32.9 Å². The highest BCUT2D eigenvalue weighted by molar-refractivity contribution is 6.33. The third-order valence-corrected chi connectivity index (χ3v) is 3.46. The van der Waals surface area contributed by atoms with E-state index in [0.717, 1.165) is 0 Å². The molecular weight excluding hydrogens is 276 g/mol. The summed E-state index contributed by atoms with van der Waals surface area (Å²) in [5.74, 6) is -0.467. The van der Waals surface area contributed by atoms with Crippen LogP contribution >= 0.6 is 11.6 Å². The van der Waals surface area contributed by atoms with Gasteiger partial charge in [0.1, 0.15) is 0 Å². The number of anilines is 1. The number of carbonyl (C=O) groups excluding carboxylic acids is 2. The van der Waals surface area contributed by atoms with Gasteiger partial charge in [0.15, 0.2) is 0 Å². The van der Waals surface area contributed by atoms with E-state index >= 15 is 0 Å². The Morgan fingerprint density at radius 2 is 2.00 bits per heavy atom. The van der Waals surface area contributed by atoms with Gasteiger partial charge in [-0.2, -0.15) is 0 Å². The second-order valence-electron chi connectivity index (χ2n) is 6.10. The molecule has 0 saturated carbocycles. The number of hydrogen-bond acceptors (Lipinski definition) is 2. The molecule has 108 valence electrons. The van der Waals surface area contributed by atoms with Gasteiger partial charge >= 0.3 is 0 Å². The van der Waals surface area contributed by atoms with Crippen molar-refractivity contribution in [1.82, 2.24) is 5.32 Å². The number of carbonyl (C=O) groups is 2. The summed E-state index contributed by atoms with van der Waals surface area (Å²) in [6, 6.07) is 7.18. The molecule has 0 radical (unpaired) electrons. The van der Waals surface area contributed by atoms with Crippen molar-refractivity contribution >= 4 is 29.1 Å². The molecule has 1 aliphatic heterocycles. The standard InChI is InChI=1S/C15H19ClN2O2/c1-15(2,3)17-14(20)10-8-13(19)18(9-10)12-7-5-4-6-11(12)16/h4-7,10H,8-9H2,1-3H3,(H,17,20). The van der Waals surface area contributed by atoms with Gasteiger partial charge in [0.05, 0.1) is 16.6 Å². The van der Waals surface area contributed by atoms with E-state index in [4.69, 9.17) is 11.6 Å². The van der Waals surface area contributed by atoms with Gasteiger partial charge in [-0.25, -0.2) is 0 Å². The summed E-state index contributed by atoms with van der Waals surface area (Å²) in [6.07, 6.45) is 0.229. The number of nitrogens with one attached hydrogen (secondary N) is 1. The maximum Gasteiger partial charge on any atom is 0.227 e. The van der Waals surface area contributed by atoms with Crippen molar-refractivity contribution in [3.8, 4) is 0 Å². The normalized spacial score (nSPS) is 19.3. The number of para-hydroxylation sites is 1. The number of rotatable bonds is 2. The summed E-state index contributed by atoms with van der Waals surface area (Å²) in [7, 11) is 0. The van der Waals surface area contributed by atoms with Gasteiger partial charge in [-0.15, -0.1) is 0 Å². The number of benzene rings is 1. The molecule has 0 spiro atoms. The number of halogens is 1.